The molecule has 0 radical (unpaired) electrons. The Morgan fingerprint density at radius 3 is 2.57 bits per heavy atom. The van der Waals surface area contributed by atoms with E-state index >= 15 is 0 Å². The van der Waals surface area contributed by atoms with Crippen LogP contribution in [0.5, 0.6) is 5.75 Å². The van der Waals surface area contributed by atoms with Gasteiger partial charge in [0.15, 0.2) is 6.61 Å². The minimum atomic E-state index is -0.549. The molecule has 5 nitrogen and oxygen atoms in total. The summed E-state index contributed by atoms with van der Waals surface area (Å²) >= 11 is 0. The zero-order valence-corrected chi connectivity index (χ0v) is 12.9. The molecule has 0 saturated heterocycles. The van der Waals surface area contributed by atoms with Crippen molar-refractivity contribution in [2.24, 2.45) is 11.7 Å². The molecule has 0 saturated carbocycles. The lowest BCUT2D eigenvalue weighted by Gasteiger charge is -2.15. The monoisotopic (exact) mass is 292 g/mol. The number of rotatable bonds is 8. The van der Waals surface area contributed by atoms with E-state index in [1.165, 1.54) is 0 Å². The minimum Gasteiger partial charge on any atom is -0.484 e. The Hall–Kier alpha value is -2.04. The summed E-state index contributed by atoms with van der Waals surface area (Å²) in [6.45, 7) is 6.12. The van der Waals surface area contributed by atoms with E-state index in [0.29, 0.717) is 17.2 Å². The summed E-state index contributed by atoms with van der Waals surface area (Å²) in [5.41, 5.74) is 5.53. The summed E-state index contributed by atoms with van der Waals surface area (Å²) in [5, 5.41) is 2.96. The Labute approximate surface area is 125 Å². The van der Waals surface area contributed by atoms with Gasteiger partial charge in [0, 0.05) is 11.6 Å². The number of ether oxygens (including phenoxy) is 1. The summed E-state index contributed by atoms with van der Waals surface area (Å²) in [6.07, 6.45) is 2.02. The highest BCUT2D eigenvalue weighted by Gasteiger charge is 2.11. The van der Waals surface area contributed by atoms with Gasteiger partial charge in [-0.15, -0.1) is 0 Å². The average Bonchev–Trinajstić information content (AvgIpc) is 2.43. The minimum absolute atomic E-state index is 0.120. The van der Waals surface area contributed by atoms with Crippen LogP contribution in [0, 0.1) is 5.92 Å². The molecule has 0 heterocycles. The first kappa shape index (κ1) is 17.0. The first-order chi connectivity index (χ1) is 9.88. The summed E-state index contributed by atoms with van der Waals surface area (Å²) in [5.74, 6) is 0.383. The van der Waals surface area contributed by atoms with Gasteiger partial charge in [-0.3, -0.25) is 9.59 Å². The molecule has 1 unspecified atom stereocenters. The quantitative estimate of drug-likeness (QED) is 0.770. The van der Waals surface area contributed by atoms with Crippen molar-refractivity contribution in [1.82, 2.24) is 5.32 Å². The van der Waals surface area contributed by atoms with E-state index in [0.717, 1.165) is 12.8 Å². The standard InChI is InChI=1S/C16H24N2O3/c1-11(2)7-8-12(3)18-16(20)13-5-4-6-14(9-13)21-10-15(17)19/h4-6,9,11-12H,7-8,10H2,1-3H3,(H2,17,19)(H,18,20). The summed E-state index contributed by atoms with van der Waals surface area (Å²) in [4.78, 5) is 22.8. The van der Waals surface area contributed by atoms with Crippen LogP contribution in [0.4, 0.5) is 0 Å². The molecule has 1 atom stereocenters. The largest absolute Gasteiger partial charge is 0.484 e. The summed E-state index contributed by atoms with van der Waals surface area (Å²) < 4.78 is 5.19. The maximum Gasteiger partial charge on any atom is 0.255 e. The van der Waals surface area contributed by atoms with Gasteiger partial charge in [-0.2, -0.15) is 0 Å². The second-order valence-corrected chi connectivity index (χ2v) is 5.63. The van der Waals surface area contributed by atoms with Crippen LogP contribution in [-0.4, -0.2) is 24.5 Å². The lowest BCUT2D eigenvalue weighted by Crippen LogP contribution is -2.32. The zero-order chi connectivity index (χ0) is 15.8. The lowest BCUT2D eigenvalue weighted by atomic mass is 10.0. The molecule has 0 bridgehead atoms. The van der Waals surface area contributed by atoms with Crippen molar-refractivity contribution in [1.29, 1.82) is 0 Å². The number of hydrogen-bond donors (Lipinski definition) is 2. The van der Waals surface area contributed by atoms with Crippen LogP contribution in [0.1, 0.15) is 44.0 Å². The predicted octanol–water partition coefficient (Wildman–Crippen LogP) is 2.11. The van der Waals surface area contributed by atoms with Crippen molar-refractivity contribution in [2.45, 2.75) is 39.7 Å². The fourth-order valence-electron chi connectivity index (χ4n) is 1.84. The van der Waals surface area contributed by atoms with Crippen molar-refractivity contribution in [2.75, 3.05) is 6.61 Å². The lowest BCUT2D eigenvalue weighted by molar-refractivity contribution is -0.119. The Kier molecular flexibility index (Phi) is 6.72. The maximum absolute atomic E-state index is 12.1. The maximum atomic E-state index is 12.1. The van der Waals surface area contributed by atoms with E-state index < -0.39 is 5.91 Å². The van der Waals surface area contributed by atoms with Gasteiger partial charge in [0.05, 0.1) is 0 Å². The van der Waals surface area contributed by atoms with E-state index in [1.807, 2.05) is 6.92 Å². The topological polar surface area (TPSA) is 81.4 Å². The summed E-state index contributed by atoms with van der Waals surface area (Å²) in [7, 11) is 0. The van der Waals surface area contributed by atoms with Gasteiger partial charge in [-0.1, -0.05) is 19.9 Å². The third-order valence-corrected chi connectivity index (χ3v) is 3.03. The first-order valence-electron chi connectivity index (χ1n) is 7.20. The number of benzene rings is 1. The van der Waals surface area contributed by atoms with Gasteiger partial charge in [-0.25, -0.2) is 0 Å². The van der Waals surface area contributed by atoms with E-state index in [9.17, 15) is 9.59 Å². The van der Waals surface area contributed by atoms with Crippen LogP contribution in [-0.2, 0) is 4.79 Å². The van der Waals surface area contributed by atoms with Gasteiger partial charge in [-0.05, 0) is 43.9 Å². The normalized spacial score (nSPS) is 12.0. The van der Waals surface area contributed by atoms with Crippen LogP contribution in [0.2, 0.25) is 0 Å². The predicted molar refractivity (Wildman–Crippen MR) is 82.1 cm³/mol. The van der Waals surface area contributed by atoms with Gasteiger partial charge in [0.25, 0.3) is 11.8 Å². The van der Waals surface area contributed by atoms with E-state index in [4.69, 9.17) is 10.5 Å². The Bertz CT molecular complexity index is 486. The molecule has 21 heavy (non-hydrogen) atoms. The number of carbonyl (C=O) groups is 2. The molecular weight excluding hydrogens is 268 g/mol. The second-order valence-electron chi connectivity index (χ2n) is 5.63. The van der Waals surface area contributed by atoms with E-state index in [2.05, 4.69) is 19.2 Å². The number of primary amides is 1. The van der Waals surface area contributed by atoms with Crippen LogP contribution in [0.15, 0.2) is 24.3 Å². The first-order valence-corrected chi connectivity index (χ1v) is 7.20. The van der Waals surface area contributed by atoms with Crippen molar-refractivity contribution >= 4 is 11.8 Å². The molecule has 0 spiro atoms. The van der Waals surface area contributed by atoms with E-state index in [1.54, 1.807) is 24.3 Å². The molecule has 3 N–H and O–H groups in total. The highest BCUT2D eigenvalue weighted by Crippen LogP contribution is 2.14. The molecule has 0 fully saturated rings. The Morgan fingerprint density at radius 1 is 1.24 bits per heavy atom. The molecule has 5 heteroatoms. The number of hydrogen-bond acceptors (Lipinski definition) is 3. The number of amides is 2. The van der Waals surface area contributed by atoms with Gasteiger partial charge in [0.1, 0.15) is 5.75 Å². The number of nitrogens with two attached hydrogens (primary N) is 1. The molecular formula is C16H24N2O3. The van der Waals surface area contributed by atoms with Crippen LogP contribution in [0.3, 0.4) is 0 Å². The van der Waals surface area contributed by atoms with Gasteiger partial charge >= 0.3 is 0 Å². The molecule has 1 aromatic rings. The SMILES string of the molecule is CC(C)CCC(C)NC(=O)c1cccc(OCC(N)=O)c1. The molecule has 1 aromatic carbocycles. The van der Waals surface area contributed by atoms with Crippen molar-refractivity contribution < 1.29 is 14.3 Å². The van der Waals surface area contributed by atoms with E-state index in [-0.39, 0.29) is 18.6 Å². The Morgan fingerprint density at radius 2 is 1.95 bits per heavy atom. The number of nitrogens with one attached hydrogen (secondary N) is 1. The molecule has 0 aliphatic carbocycles. The molecule has 1 rings (SSSR count). The molecule has 0 aliphatic rings. The van der Waals surface area contributed by atoms with Crippen molar-refractivity contribution in [3.05, 3.63) is 29.8 Å². The Balaban J connectivity index is 2.57. The van der Waals surface area contributed by atoms with Crippen molar-refractivity contribution in [3.8, 4) is 5.75 Å². The fourth-order valence-corrected chi connectivity index (χ4v) is 1.84. The highest BCUT2D eigenvalue weighted by molar-refractivity contribution is 5.94. The zero-order valence-electron chi connectivity index (χ0n) is 12.9. The van der Waals surface area contributed by atoms with Gasteiger partial charge < -0.3 is 15.8 Å². The summed E-state index contributed by atoms with van der Waals surface area (Å²) in [6, 6.07) is 6.83. The third kappa shape index (κ3) is 6.79. The molecule has 2 amide bonds. The van der Waals surface area contributed by atoms with Crippen molar-refractivity contribution in [3.63, 3.8) is 0 Å². The number of carbonyl (C=O) groups excluding carboxylic acids is 2. The molecule has 0 aliphatic heterocycles. The second kappa shape index (κ2) is 8.29. The fraction of sp³-hybridized carbons (Fsp3) is 0.500. The highest BCUT2D eigenvalue weighted by atomic mass is 16.5. The average molecular weight is 292 g/mol. The smallest absolute Gasteiger partial charge is 0.255 e. The molecule has 116 valence electrons. The van der Waals surface area contributed by atoms with Crippen LogP contribution < -0.4 is 15.8 Å². The van der Waals surface area contributed by atoms with Crippen LogP contribution in [0.25, 0.3) is 0 Å². The third-order valence-electron chi connectivity index (χ3n) is 3.03. The van der Waals surface area contributed by atoms with Crippen LogP contribution >= 0.6 is 0 Å². The van der Waals surface area contributed by atoms with Gasteiger partial charge in [0.2, 0.25) is 0 Å². The molecule has 0 aromatic heterocycles.